The van der Waals surface area contributed by atoms with E-state index >= 15 is 0 Å². The third-order valence-electron chi connectivity index (χ3n) is 5.75. The van der Waals surface area contributed by atoms with Crippen molar-refractivity contribution in [3.8, 4) is 0 Å². The van der Waals surface area contributed by atoms with E-state index in [1.54, 1.807) is 0 Å². The maximum Gasteiger partial charge on any atom is 0.253 e. The lowest BCUT2D eigenvalue weighted by Crippen LogP contribution is -2.38. The minimum atomic E-state index is -3.42. The van der Waals surface area contributed by atoms with Crippen LogP contribution in [0.2, 0.25) is 0 Å². The first kappa shape index (κ1) is 19.8. The number of piperidine rings is 1. The van der Waals surface area contributed by atoms with Crippen molar-refractivity contribution in [1.29, 1.82) is 0 Å². The van der Waals surface area contributed by atoms with Crippen LogP contribution in [0.25, 0.3) is 0 Å². The summed E-state index contributed by atoms with van der Waals surface area (Å²) in [6, 6.07) is 9.26. The number of anilines is 1. The van der Waals surface area contributed by atoms with Crippen LogP contribution >= 0.6 is 0 Å². The first-order valence-electron chi connectivity index (χ1n) is 10.1. The number of amides is 1. The van der Waals surface area contributed by atoms with Crippen molar-refractivity contribution in [3.63, 3.8) is 0 Å². The quantitative estimate of drug-likeness (QED) is 0.764. The van der Waals surface area contributed by atoms with Gasteiger partial charge in [-0.05, 0) is 37.8 Å². The van der Waals surface area contributed by atoms with Crippen LogP contribution in [0.4, 0.5) is 5.95 Å². The number of benzene rings is 1. The number of hydrogen-bond donors (Lipinski definition) is 0. The summed E-state index contributed by atoms with van der Waals surface area (Å²) in [4.78, 5) is 25.9. The smallest absolute Gasteiger partial charge is 0.253 e. The van der Waals surface area contributed by atoms with Gasteiger partial charge in [-0.15, -0.1) is 0 Å². The molecule has 0 spiro atoms. The summed E-state index contributed by atoms with van der Waals surface area (Å²) >= 11 is 0. The van der Waals surface area contributed by atoms with Gasteiger partial charge in [-0.2, -0.15) is 0 Å². The lowest BCUT2D eigenvalue weighted by atomic mass is 9.93. The van der Waals surface area contributed by atoms with Gasteiger partial charge in [0.15, 0.2) is 9.84 Å². The predicted molar refractivity (Wildman–Crippen MR) is 111 cm³/mol. The minimum absolute atomic E-state index is 0.00361. The van der Waals surface area contributed by atoms with Gasteiger partial charge in [0.05, 0.1) is 11.9 Å². The van der Waals surface area contributed by atoms with E-state index in [4.69, 9.17) is 4.98 Å². The summed E-state index contributed by atoms with van der Waals surface area (Å²) < 4.78 is 24.7. The summed E-state index contributed by atoms with van der Waals surface area (Å²) in [7, 11) is -3.42. The molecule has 154 valence electrons. The second-order valence-corrected chi connectivity index (χ2v) is 9.80. The van der Waals surface area contributed by atoms with Crippen LogP contribution in [0.1, 0.15) is 47.7 Å². The molecule has 1 amide bonds. The fourth-order valence-electron chi connectivity index (χ4n) is 4.14. The molecule has 0 unspecified atom stereocenters. The Hall–Kier alpha value is -2.48. The van der Waals surface area contributed by atoms with Crippen molar-refractivity contribution < 1.29 is 13.2 Å². The predicted octanol–water partition coefficient (Wildman–Crippen LogP) is 2.50. The van der Waals surface area contributed by atoms with E-state index in [2.05, 4.69) is 9.88 Å². The number of rotatable bonds is 4. The summed E-state index contributed by atoms with van der Waals surface area (Å²) in [6.45, 7) is 2.98. The van der Waals surface area contributed by atoms with Crippen LogP contribution in [0.3, 0.4) is 0 Å². The Balaban J connectivity index is 1.55. The highest BCUT2D eigenvalue weighted by atomic mass is 32.2. The SMILES string of the molecule is CS(=O)(=O)c1cnc(N2CCCC2)nc1C1CCN(C(=O)c2ccccc2)CC1. The van der Waals surface area contributed by atoms with Gasteiger partial charge in [-0.3, -0.25) is 4.79 Å². The summed E-state index contributed by atoms with van der Waals surface area (Å²) in [6.07, 6.45) is 6.26. The zero-order chi connectivity index (χ0) is 20.4. The van der Waals surface area contributed by atoms with Crippen molar-refractivity contribution in [3.05, 3.63) is 47.8 Å². The van der Waals surface area contributed by atoms with E-state index in [-0.39, 0.29) is 16.7 Å². The Morgan fingerprint density at radius 3 is 2.31 bits per heavy atom. The largest absolute Gasteiger partial charge is 0.341 e. The lowest BCUT2D eigenvalue weighted by Gasteiger charge is -2.32. The van der Waals surface area contributed by atoms with E-state index in [9.17, 15) is 13.2 Å². The van der Waals surface area contributed by atoms with E-state index in [0.29, 0.717) is 43.1 Å². The Kier molecular flexibility index (Phi) is 5.54. The molecule has 7 nitrogen and oxygen atoms in total. The van der Waals surface area contributed by atoms with Gasteiger partial charge in [0.25, 0.3) is 5.91 Å². The van der Waals surface area contributed by atoms with Crippen LogP contribution in [0, 0.1) is 0 Å². The van der Waals surface area contributed by atoms with E-state index < -0.39 is 9.84 Å². The van der Waals surface area contributed by atoms with Crippen molar-refractivity contribution in [2.75, 3.05) is 37.3 Å². The topological polar surface area (TPSA) is 83.5 Å². The average Bonchev–Trinajstić information content (AvgIpc) is 3.28. The van der Waals surface area contributed by atoms with Crippen molar-refractivity contribution in [1.82, 2.24) is 14.9 Å². The van der Waals surface area contributed by atoms with Gasteiger partial charge < -0.3 is 9.80 Å². The van der Waals surface area contributed by atoms with Crippen LogP contribution < -0.4 is 4.90 Å². The number of nitrogens with zero attached hydrogens (tertiary/aromatic N) is 4. The standard InChI is InChI=1S/C21H26N4O3S/c1-29(27,28)18-15-22-21(25-11-5-6-12-25)23-19(18)16-9-13-24(14-10-16)20(26)17-7-3-2-4-8-17/h2-4,7-8,15-16H,5-6,9-14H2,1H3. The summed E-state index contributed by atoms with van der Waals surface area (Å²) in [5.74, 6) is 0.643. The number of sulfone groups is 1. The summed E-state index contributed by atoms with van der Waals surface area (Å²) in [5.41, 5.74) is 1.29. The minimum Gasteiger partial charge on any atom is -0.341 e. The molecular weight excluding hydrogens is 388 g/mol. The maximum atomic E-state index is 12.7. The number of carbonyl (C=O) groups excluding carboxylic acids is 1. The average molecular weight is 415 g/mol. The monoisotopic (exact) mass is 414 g/mol. The Morgan fingerprint density at radius 1 is 1.03 bits per heavy atom. The maximum absolute atomic E-state index is 12.7. The molecule has 0 bridgehead atoms. The van der Waals surface area contributed by atoms with E-state index in [0.717, 1.165) is 25.9 Å². The van der Waals surface area contributed by atoms with Crippen LogP contribution in [0.15, 0.2) is 41.4 Å². The first-order chi connectivity index (χ1) is 13.9. The normalized spacial score (nSPS) is 18.2. The molecule has 29 heavy (non-hydrogen) atoms. The van der Waals surface area contributed by atoms with Crippen molar-refractivity contribution in [2.45, 2.75) is 36.5 Å². The molecule has 3 heterocycles. The van der Waals surface area contributed by atoms with Gasteiger partial charge in [0.2, 0.25) is 5.95 Å². The van der Waals surface area contributed by atoms with Gasteiger partial charge in [-0.1, -0.05) is 18.2 Å². The molecule has 0 N–H and O–H groups in total. The fourth-order valence-corrected chi connectivity index (χ4v) is 4.98. The van der Waals surface area contributed by atoms with E-state index in [1.807, 2.05) is 35.2 Å². The molecule has 2 aliphatic rings. The van der Waals surface area contributed by atoms with Crippen LogP contribution in [0.5, 0.6) is 0 Å². The van der Waals surface area contributed by atoms with Gasteiger partial charge in [0, 0.05) is 43.9 Å². The molecule has 0 radical (unpaired) electrons. The highest BCUT2D eigenvalue weighted by Gasteiger charge is 2.30. The van der Waals surface area contributed by atoms with Crippen LogP contribution in [-0.2, 0) is 9.84 Å². The zero-order valence-electron chi connectivity index (χ0n) is 16.6. The third kappa shape index (κ3) is 4.27. The molecule has 2 fully saturated rings. The fraction of sp³-hybridized carbons (Fsp3) is 0.476. The lowest BCUT2D eigenvalue weighted by molar-refractivity contribution is 0.0711. The zero-order valence-corrected chi connectivity index (χ0v) is 17.4. The Bertz CT molecular complexity index is 980. The molecule has 4 rings (SSSR count). The molecule has 1 aromatic heterocycles. The highest BCUT2D eigenvalue weighted by molar-refractivity contribution is 7.90. The van der Waals surface area contributed by atoms with Crippen LogP contribution in [-0.4, -0.2) is 61.6 Å². The molecule has 1 aromatic carbocycles. The molecule has 2 aliphatic heterocycles. The Morgan fingerprint density at radius 2 is 1.69 bits per heavy atom. The highest BCUT2D eigenvalue weighted by Crippen LogP contribution is 2.32. The van der Waals surface area contributed by atoms with E-state index in [1.165, 1.54) is 12.5 Å². The Labute approximate surface area is 171 Å². The number of likely N-dealkylation sites (tertiary alicyclic amines) is 1. The van der Waals surface area contributed by atoms with Gasteiger partial charge >= 0.3 is 0 Å². The number of carbonyl (C=O) groups is 1. The summed E-state index contributed by atoms with van der Waals surface area (Å²) in [5, 5.41) is 0. The van der Waals surface area contributed by atoms with Crippen molar-refractivity contribution in [2.24, 2.45) is 0 Å². The third-order valence-corrected chi connectivity index (χ3v) is 6.86. The number of aromatic nitrogens is 2. The second-order valence-electron chi connectivity index (χ2n) is 7.82. The molecular formula is C21H26N4O3S. The molecule has 8 heteroatoms. The molecule has 0 aliphatic carbocycles. The second kappa shape index (κ2) is 8.10. The molecule has 2 aromatic rings. The van der Waals surface area contributed by atoms with Gasteiger partial charge in [-0.25, -0.2) is 18.4 Å². The number of hydrogen-bond acceptors (Lipinski definition) is 6. The molecule has 0 atom stereocenters. The molecule has 2 saturated heterocycles. The van der Waals surface area contributed by atoms with Crippen molar-refractivity contribution >= 4 is 21.7 Å². The van der Waals surface area contributed by atoms with Gasteiger partial charge in [0.1, 0.15) is 4.90 Å². The first-order valence-corrected chi connectivity index (χ1v) is 12.0. The molecule has 0 saturated carbocycles.